The van der Waals surface area contributed by atoms with Crippen molar-refractivity contribution in [1.82, 2.24) is 20.3 Å². The van der Waals surface area contributed by atoms with Gasteiger partial charge in [-0.15, -0.1) is 0 Å². The summed E-state index contributed by atoms with van der Waals surface area (Å²) in [6, 6.07) is 0.0808. The van der Waals surface area contributed by atoms with Gasteiger partial charge in [-0.25, -0.2) is 0 Å². The highest BCUT2D eigenvalue weighted by Gasteiger charge is 2.06. The Morgan fingerprint density at radius 3 is 2.78 bits per heavy atom. The van der Waals surface area contributed by atoms with Crippen LogP contribution in [-0.2, 0) is 9.53 Å². The van der Waals surface area contributed by atoms with Crippen LogP contribution < -0.4 is 15.4 Å². The van der Waals surface area contributed by atoms with E-state index in [2.05, 4.69) is 25.6 Å². The van der Waals surface area contributed by atoms with E-state index in [0.29, 0.717) is 13.2 Å². The molecule has 0 spiro atoms. The first kappa shape index (κ1) is 14.4. The molecule has 0 fully saturated rings. The van der Waals surface area contributed by atoms with Gasteiger partial charge in [0.05, 0.1) is 20.3 Å². The summed E-state index contributed by atoms with van der Waals surface area (Å²) in [5.74, 6) is -0.0312. The van der Waals surface area contributed by atoms with E-state index in [1.807, 2.05) is 0 Å². The quantitative estimate of drug-likeness (QED) is 0.660. The summed E-state index contributed by atoms with van der Waals surface area (Å²) >= 11 is 5.65. The van der Waals surface area contributed by atoms with Gasteiger partial charge >= 0.3 is 6.01 Å². The zero-order valence-corrected chi connectivity index (χ0v) is 10.8. The standard InChI is InChI=1S/C9H14ClN5O3/c1-17-4-3-11-6(16)5-12-8-13-7(10)14-9(15-8)18-2/h3-5H2,1-2H3,(H,11,16)(H,12,13,14,15). The number of hydrogen-bond donors (Lipinski definition) is 2. The van der Waals surface area contributed by atoms with Crippen LogP contribution in [0.25, 0.3) is 0 Å². The lowest BCUT2D eigenvalue weighted by Crippen LogP contribution is -2.32. The predicted octanol–water partition coefficient (Wildman–Crippen LogP) is -0.292. The molecule has 0 saturated carbocycles. The minimum atomic E-state index is -0.206. The summed E-state index contributed by atoms with van der Waals surface area (Å²) < 4.78 is 9.62. The van der Waals surface area contributed by atoms with Gasteiger partial charge in [0.15, 0.2) is 0 Å². The van der Waals surface area contributed by atoms with E-state index in [1.54, 1.807) is 7.11 Å². The number of methoxy groups -OCH3 is 2. The highest BCUT2D eigenvalue weighted by atomic mass is 35.5. The fourth-order valence-electron chi connectivity index (χ4n) is 1.02. The lowest BCUT2D eigenvalue weighted by Gasteiger charge is -2.06. The normalized spacial score (nSPS) is 9.94. The highest BCUT2D eigenvalue weighted by molar-refractivity contribution is 6.28. The Bertz CT molecular complexity index is 404. The van der Waals surface area contributed by atoms with E-state index in [9.17, 15) is 4.79 Å². The number of ether oxygens (including phenoxy) is 2. The summed E-state index contributed by atoms with van der Waals surface area (Å²) in [6.45, 7) is 0.919. The lowest BCUT2D eigenvalue weighted by molar-refractivity contribution is -0.119. The van der Waals surface area contributed by atoms with Crippen molar-refractivity contribution in [3.8, 4) is 6.01 Å². The summed E-state index contributed by atoms with van der Waals surface area (Å²) in [5, 5.41) is 5.33. The summed E-state index contributed by atoms with van der Waals surface area (Å²) in [7, 11) is 2.97. The molecule has 0 saturated heterocycles. The molecular formula is C9H14ClN5O3. The Hall–Kier alpha value is -1.67. The molecule has 1 aromatic heterocycles. The van der Waals surface area contributed by atoms with Crippen molar-refractivity contribution >= 4 is 23.5 Å². The van der Waals surface area contributed by atoms with Crippen LogP contribution >= 0.6 is 11.6 Å². The zero-order chi connectivity index (χ0) is 13.4. The maximum atomic E-state index is 11.4. The monoisotopic (exact) mass is 275 g/mol. The Morgan fingerprint density at radius 1 is 1.33 bits per heavy atom. The van der Waals surface area contributed by atoms with Crippen LogP contribution in [0.1, 0.15) is 0 Å². The molecule has 0 aliphatic rings. The first-order chi connectivity index (χ1) is 8.65. The van der Waals surface area contributed by atoms with Crippen molar-refractivity contribution in [3.63, 3.8) is 0 Å². The van der Waals surface area contributed by atoms with Crippen LogP contribution in [-0.4, -0.2) is 54.8 Å². The molecule has 18 heavy (non-hydrogen) atoms. The second-order valence-corrected chi connectivity index (χ2v) is 3.45. The molecule has 2 N–H and O–H groups in total. The van der Waals surface area contributed by atoms with Gasteiger partial charge in [-0.1, -0.05) is 0 Å². The number of nitrogens with one attached hydrogen (secondary N) is 2. The van der Waals surface area contributed by atoms with E-state index in [0.717, 1.165) is 0 Å². The third-order valence-electron chi connectivity index (χ3n) is 1.81. The SMILES string of the molecule is COCCNC(=O)CNc1nc(Cl)nc(OC)n1. The Balaban J connectivity index is 2.43. The van der Waals surface area contributed by atoms with Gasteiger partial charge in [-0.3, -0.25) is 4.79 Å². The average Bonchev–Trinajstić information content (AvgIpc) is 2.36. The topological polar surface area (TPSA) is 98.3 Å². The van der Waals surface area contributed by atoms with Gasteiger partial charge < -0.3 is 20.1 Å². The van der Waals surface area contributed by atoms with Crippen LogP contribution in [0.2, 0.25) is 5.28 Å². The molecule has 0 aromatic carbocycles. The molecule has 0 atom stereocenters. The molecule has 8 nitrogen and oxygen atoms in total. The average molecular weight is 276 g/mol. The Morgan fingerprint density at radius 2 is 2.11 bits per heavy atom. The summed E-state index contributed by atoms with van der Waals surface area (Å²) in [6.07, 6.45) is 0. The fraction of sp³-hybridized carbons (Fsp3) is 0.556. The smallest absolute Gasteiger partial charge is 0.322 e. The number of halogens is 1. The third kappa shape index (κ3) is 5.11. The van der Waals surface area contributed by atoms with Gasteiger partial charge in [0.1, 0.15) is 0 Å². The number of rotatable bonds is 7. The molecule has 0 aliphatic heterocycles. The molecule has 1 rings (SSSR count). The number of carbonyl (C=O) groups is 1. The first-order valence-corrected chi connectivity index (χ1v) is 5.48. The van der Waals surface area contributed by atoms with Crippen LogP contribution in [0.5, 0.6) is 6.01 Å². The molecule has 1 aromatic rings. The first-order valence-electron chi connectivity index (χ1n) is 5.10. The van der Waals surface area contributed by atoms with E-state index < -0.39 is 0 Å². The maximum absolute atomic E-state index is 11.4. The van der Waals surface area contributed by atoms with Crippen LogP contribution in [0.4, 0.5) is 5.95 Å². The fourth-order valence-corrected chi connectivity index (χ4v) is 1.17. The summed E-state index contributed by atoms with van der Waals surface area (Å²) in [5.41, 5.74) is 0. The zero-order valence-electron chi connectivity index (χ0n) is 10.1. The van der Waals surface area contributed by atoms with E-state index in [1.165, 1.54) is 7.11 Å². The maximum Gasteiger partial charge on any atom is 0.322 e. The van der Waals surface area contributed by atoms with Crippen LogP contribution in [0, 0.1) is 0 Å². The number of amides is 1. The lowest BCUT2D eigenvalue weighted by atomic mass is 10.5. The molecule has 0 unspecified atom stereocenters. The molecular weight excluding hydrogens is 262 g/mol. The second kappa shape index (κ2) is 7.62. The number of nitrogens with zero attached hydrogens (tertiary/aromatic N) is 3. The Labute approximate surface area is 109 Å². The molecule has 0 radical (unpaired) electrons. The molecule has 0 bridgehead atoms. The largest absolute Gasteiger partial charge is 0.467 e. The number of carbonyl (C=O) groups excluding carboxylic acids is 1. The van der Waals surface area contributed by atoms with Crippen molar-refractivity contribution in [2.45, 2.75) is 0 Å². The molecule has 100 valence electrons. The minimum Gasteiger partial charge on any atom is -0.467 e. The summed E-state index contributed by atoms with van der Waals surface area (Å²) in [4.78, 5) is 22.7. The van der Waals surface area contributed by atoms with E-state index >= 15 is 0 Å². The van der Waals surface area contributed by atoms with Gasteiger partial charge in [0.25, 0.3) is 0 Å². The molecule has 0 aliphatic carbocycles. The number of anilines is 1. The Kier molecular flexibility index (Phi) is 6.09. The number of hydrogen-bond acceptors (Lipinski definition) is 7. The van der Waals surface area contributed by atoms with Gasteiger partial charge in [0.2, 0.25) is 17.1 Å². The van der Waals surface area contributed by atoms with Crippen molar-refractivity contribution in [2.24, 2.45) is 0 Å². The minimum absolute atomic E-state index is 0.0101. The van der Waals surface area contributed by atoms with Crippen molar-refractivity contribution in [2.75, 3.05) is 39.2 Å². The molecule has 1 amide bonds. The van der Waals surface area contributed by atoms with Crippen molar-refractivity contribution in [3.05, 3.63) is 5.28 Å². The van der Waals surface area contributed by atoms with E-state index in [-0.39, 0.29) is 29.7 Å². The third-order valence-corrected chi connectivity index (χ3v) is 1.97. The van der Waals surface area contributed by atoms with Gasteiger partial charge in [0, 0.05) is 13.7 Å². The van der Waals surface area contributed by atoms with Gasteiger partial charge in [-0.2, -0.15) is 15.0 Å². The van der Waals surface area contributed by atoms with Crippen LogP contribution in [0.15, 0.2) is 0 Å². The second-order valence-electron chi connectivity index (χ2n) is 3.11. The highest BCUT2D eigenvalue weighted by Crippen LogP contribution is 2.10. The number of aromatic nitrogens is 3. The van der Waals surface area contributed by atoms with E-state index in [4.69, 9.17) is 21.1 Å². The van der Waals surface area contributed by atoms with Crippen molar-refractivity contribution in [1.29, 1.82) is 0 Å². The predicted molar refractivity (Wildman–Crippen MR) is 64.8 cm³/mol. The molecule has 1 heterocycles. The van der Waals surface area contributed by atoms with Crippen LogP contribution in [0.3, 0.4) is 0 Å². The van der Waals surface area contributed by atoms with Crippen molar-refractivity contribution < 1.29 is 14.3 Å². The molecule has 9 heteroatoms. The van der Waals surface area contributed by atoms with Gasteiger partial charge in [-0.05, 0) is 11.6 Å².